The lowest BCUT2D eigenvalue weighted by molar-refractivity contribution is -0.136. The first-order chi connectivity index (χ1) is 13.0. The number of fused-ring (bicyclic) bond motifs is 1. The number of aliphatic hydroxyl groups excluding tert-OH is 1. The number of nitrogens with one attached hydrogen (secondary N) is 1. The van der Waals surface area contributed by atoms with Crippen LogP contribution in [-0.2, 0) is 11.2 Å². The van der Waals surface area contributed by atoms with Gasteiger partial charge in [-0.15, -0.1) is 5.10 Å². The molecule has 0 spiro atoms. The number of carboxylic acids is 1. The first kappa shape index (κ1) is 18.8. The van der Waals surface area contributed by atoms with Crippen LogP contribution in [0.5, 0.6) is 0 Å². The van der Waals surface area contributed by atoms with Gasteiger partial charge in [0.1, 0.15) is 5.82 Å². The van der Waals surface area contributed by atoms with Gasteiger partial charge in [-0.2, -0.15) is 0 Å². The van der Waals surface area contributed by atoms with Gasteiger partial charge in [-0.05, 0) is 30.0 Å². The molecule has 0 radical (unpaired) electrons. The number of carbonyl (C=O) groups is 1. The monoisotopic (exact) mass is 368 g/mol. The Bertz CT molecular complexity index is 919. The molecule has 0 saturated carbocycles. The summed E-state index contributed by atoms with van der Waals surface area (Å²) in [6, 6.07) is 11.4. The molecule has 0 aliphatic carbocycles. The van der Waals surface area contributed by atoms with E-state index in [0.717, 1.165) is 22.5 Å². The Kier molecular flexibility index (Phi) is 5.71. The maximum Gasteiger partial charge on any atom is 0.303 e. The summed E-state index contributed by atoms with van der Waals surface area (Å²) >= 11 is 0. The van der Waals surface area contributed by atoms with Crippen LogP contribution in [0.1, 0.15) is 25.8 Å². The van der Waals surface area contributed by atoms with E-state index in [9.17, 15) is 9.90 Å². The van der Waals surface area contributed by atoms with Gasteiger partial charge in [-0.3, -0.25) is 4.79 Å². The third-order valence-electron chi connectivity index (χ3n) is 4.57. The molecule has 2 aromatic heterocycles. The summed E-state index contributed by atoms with van der Waals surface area (Å²) in [6.45, 7) is 4.12. The lowest BCUT2D eigenvalue weighted by Crippen LogP contribution is -2.30. The van der Waals surface area contributed by atoms with E-state index in [1.807, 2.05) is 50.2 Å². The third kappa shape index (κ3) is 4.43. The minimum absolute atomic E-state index is 0.0337. The zero-order valence-electron chi connectivity index (χ0n) is 15.5. The Morgan fingerprint density at radius 3 is 2.56 bits per heavy atom. The predicted octanol–water partition coefficient (Wildman–Crippen LogP) is 2.84. The quantitative estimate of drug-likeness (QED) is 0.565. The van der Waals surface area contributed by atoms with E-state index < -0.39 is 5.97 Å². The van der Waals surface area contributed by atoms with Crippen LogP contribution in [0.15, 0.2) is 42.6 Å². The summed E-state index contributed by atoms with van der Waals surface area (Å²) in [7, 11) is 0. The topological polar surface area (TPSA) is 99.8 Å². The summed E-state index contributed by atoms with van der Waals surface area (Å²) in [5.41, 5.74) is 3.51. The van der Waals surface area contributed by atoms with Crippen LogP contribution in [0.4, 0.5) is 5.82 Å². The van der Waals surface area contributed by atoms with Crippen molar-refractivity contribution in [3.05, 3.63) is 48.2 Å². The van der Waals surface area contributed by atoms with Crippen LogP contribution in [0, 0.1) is 5.92 Å². The highest BCUT2D eigenvalue weighted by atomic mass is 16.4. The van der Waals surface area contributed by atoms with Crippen molar-refractivity contribution in [1.82, 2.24) is 14.6 Å². The molecule has 0 aliphatic rings. The largest absolute Gasteiger partial charge is 0.481 e. The third-order valence-corrected chi connectivity index (χ3v) is 4.57. The molecule has 1 atom stereocenters. The smallest absolute Gasteiger partial charge is 0.303 e. The average Bonchev–Trinajstić information content (AvgIpc) is 3.07. The van der Waals surface area contributed by atoms with Crippen molar-refractivity contribution in [1.29, 1.82) is 0 Å². The fourth-order valence-corrected chi connectivity index (χ4v) is 2.85. The van der Waals surface area contributed by atoms with Crippen LogP contribution < -0.4 is 5.32 Å². The van der Waals surface area contributed by atoms with Gasteiger partial charge in [0.2, 0.25) is 0 Å². The Morgan fingerprint density at radius 1 is 1.19 bits per heavy atom. The van der Waals surface area contributed by atoms with Crippen LogP contribution >= 0.6 is 0 Å². The van der Waals surface area contributed by atoms with E-state index in [4.69, 9.17) is 5.11 Å². The number of nitrogens with zero attached hydrogens (tertiary/aromatic N) is 3. The number of benzene rings is 1. The molecule has 27 heavy (non-hydrogen) atoms. The molecular weight excluding hydrogens is 344 g/mol. The number of aromatic nitrogens is 3. The van der Waals surface area contributed by atoms with Gasteiger partial charge in [-0.1, -0.05) is 38.1 Å². The maximum atomic E-state index is 10.7. The molecule has 0 fully saturated rings. The number of aryl methyl sites for hydroxylation is 1. The standard InChI is InChI=1S/C20H24N4O3/c1-13(2)16(12-25)22-18-8-9-19-21-11-17(24(19)23-18)15-6-3-14(4-7-15)5-10-20(26)27/h3-4,6-9,11,13,16,25H,5,10,12H2,1-2H3,(H,22,23)(H,26,27)/t16-/m1/s1. The molecule has 3 aromatic rings. The highest BCUT2D eigenvalue weighted by molar-refractivity contribution is 5.67. The second-order valence-corrected chi connectivity index (χ2v) is 6.90. The van der Waals surface area contributed by atoms with Crippen LogP contribution in [-0.4, -0.2) is 43.4 Å². The molecule has 0 bridgehead atoms. The number of anilines is 1. The van der Waals surface area contributed by atoms with Crippen LogP contribution in [0.2, 0.25) is 0 Å². The first-order valence-corrected chi connectivity index (χ1v) is 9.01. The SMILES string of the molecule is CC(C)[C@@H](CO)Nc1ccc2ncc(-c3ccc(CCC(=O)O)cc3)n2n1. The van der Waals surface area contributed by atoms with Crippen molar-refractivity contribution in [2.75, 3.05) is 11.9 Å². The fourth-order valence-electron chi connectivity index (χ4n) is 2.85. The molecule has 142 valence electrons. The molecule has 1 aromatic carbocycles. The number of rotatable bonds is 8. The second-order valence-electron chi connectivity index (χ2n) is 6.90. The van der Waals surface area contributed by atoms with Crippen molar-refractivity contribution >= 4 is 17.4 Å². The second kappa shape index (κ2) is 8.18. The van der Waals surface area contributed by atoms with Crippen LogP contribution in [0.25, 0.3) is 16.9 Å². The van der Waals surface area contributed by atoms with E-state index in [-0.39, 0.29) is 25.0 Å². The number of hydrogen-bond donors (Lipinski definition) is 3. The number of carboxylic acid groups (broad SMARTS) is 1. The van der Waals surface area contributed by atoms with Gasteiger partial charge in [0, 0.05) is 12.0 Å². The Morgan fingerprint density at radius 2 is 1.93 bits per heavy atom. The number of aliphatic carboxylic acids is 1. The molecule has 3 rings (SSSR count). The first-order valence-electron chi connectivity index (χ1n) is 9.01. The molecule has 3 N–H and O–H groups in total. The molecule has 0 saturated heterocycles. The summed E-state index contributed by atoms with van der Waals surface area (Å²) in [5, 5.41) is 26.2. The van der Waals surface area contributed by atoms with E-state index >= 15 is 0 Å². The van der Waals surface area contributed by atoms with Crippen LogP contribution in [0.3, 0.4) is 0 Å². The molecular formula is C20H24N4O3. The Balaban J connectivity index is 1.86. The fraction of sp³-hybridized carbons (Fsp3) is 0.350. The van der Waals surface area contributed by atoms with Crippen molar-refractivity contribution in [2.24, 2.45) is 5.92 Å². The minimum atomic E-state index is -0.798. The number of hydrogen-bond acceptors (Lipinski definition) is 5. The van der Waals surface area contributed by atoms with Crippen molar-refractivity contribution in [2.45, 2.75) is 32.7 Å². The van der Waals surface area contributed by atoms with Crippen molar-refractivity contribution in [3.63, 3.8) is 0 Å². The zero-order chi connectivity index (χ0) is 19.4. The van der Waals surface area contributed by atoms with Gasteiger partial charge >= 0.3 is 5.97 Å². The lowest BCUT2D eigenvalue weighted by atomic mass is 10.1. The van der Waals surface area contributed by atoms with E-state index in [1.54, 1.807) is 10.7 Å². The molecule has 7 heteroatoms. The normalized spacial score (nSPS) is 12.4. The maximum absolute atomic E-state index is 10.7. The van der Waals surface area contributed by atoms with Crippen molar-refractivity contribution in [3.8, 4) is 11.3 Å². The molecule has 0 amide bonds. The highest BCUT2D eigenvalue weighted by Gasteiger charge is 2.14. The van der Waals surface area contributed by atoms with Crippen molar-refractivity contribution < 1.29 is 15.0 Å². The van der Waals surface area contributed by atoms with Gasteiger partial charge in [0.25, 0.3) is 0 Å². The lowest BCUT2D eigenvalue weighted by Gasteiger charge is -2.20. The summed E-state index contributed by atoms with van der Waals surface area (Å²) in [6.07, 6.45) is 2.39. The number of imidazole rings is 1. The average molecular weight is 368 g/mol. The molecule has 0 aliphatic heterocycles. The van der Waals surface area contributed by atoms with E-state index in [2.05, 4.69) is 15.4 Å². The minimum Gasteiger partial charge on any atom is -0.481 e. The van der Waals surface area contributed by atoms with E-state index in [0.29, 0.717) is 12.2 Å². The highest BCUT2D eigenvalue weighted by Crippen LogP contribution is 2.22. The Labute approximate surface area is 157 Å². The van der Waals surface area contributed by atoms with Gasteiger partial charge in [-0.25, -0.2) is 9.50 Å². The summed E-state index contributed by atoms with van der Waals surface area (Å²) < 4.78 is 1.77. The van der Waals surface area contributed by atoms with Gasteiger partial charge in [0.05, 0.1) is 24.5 Å². The zero-order valence-corrected chi connectivity index (χ0v) is 15.5. The summed E-state index contributed by atoms with van der Waals surface area (Å²) in [5.74, 6) is 0.147. The number of aliphatic hydroxyl groups is 1. The molecule has 0 unspecified atom stereocenters. The van der Waals surface area contributed by atoms with E-state index in [1.165, 1.54) is 0 Å². The van der Waals surface area contributed by atoms with Gasteiger partial charge < -0.3 is 15.5 Å². The predicted molar refractivity (Wildman–Crippen MR) is 104 cm³/mol. The molecule has 2 heterocycles. The Hall–Kier alpha value is -2.93. The van der Waals surface area contributed by atoms with Gasteiger partial charge in [0.15, 0.2) is 5.65 Å². The summed E-state index contributed by atoms with van der Waals surface area (Å²) in [4.78, 5) is 15.1. The molecule has 7 nitrogen and oxygen atoms in total.